The molecule has 0 radical (unpaired) electrons. The van der Waals surface area contributed by atoms with Crippen LogP contribution >= 0.6 is 0 Å². The molecular weight excluding hydrogens is 364 g/mol. The highest BCUT2D eigenvalue weighted by molar-refractivity contribution is 5.90. The number of hydrogen-bond acceptors (Lipinski definition) is 7. The van der Waals surface area contributed by atoms with Gasteiger partial charge in [-0.15, -0.1) is 0 Å². The van der Waals surface area contributed by atoms with Crippen molar-refractivity contribution < 1.29 is 33.6 Å². The fraction of sp³-hybridized carbons (Fsp3) is 0.333. The summed E-state index contributed by atoms with van der Waals surface area (Å²) in [7, 11) is 1.43. The molecule has 7 heteroatoms. The van der Waals surface area contributed by atoms with E-state index in [1.165, 1.54) is 7.11 Å². The van der Waals surface area contributed by atoms with Crippen molar-refractivity contribution in [2.45, 2.75) is 37.6 Å². The fourth-order valence-electron chi connectivity index (χ4n) is 3.11. The minimum atomic E-state index is -1.47. The summed E-state index contributed by atoms with van der Waals surface area (Å²) < 4.78 is 21.9. The number of benzene rings is 2. The molecule has 0 amide bonds. The molecule has 1 aliphatic rings. The lowest BCUT2D eigenvalue weighted by Gasteiger charge is -2.42. The molecule has 2 aromatic carbocycles. The number of aliphatic hydroxyl groups is 1. The minimum absolute atomic E-state index is 0.301. The van der Waals surface area contributed by atoms with Crippen LogP contribution in [0.15, 0.2) is 60.7 Å². The third-order valence-corrected chi connectivity index (χ3v) is 4.52. The zero-order valence-corrected chi connectivity index (χ0v) is 15.6. The lowest BCUT2D eigenvalue weighted by atomic mass is 9.99. The van der Waals surface area contributed by atoms with Crippen LogP contribution in [0.4, 0.5) is 0 Å². The summed E-state index contributed by atoms with van der Waals surface area (Å²) in [4.78, 5) is 25.0. The Morgan fingerprint density at radius 3 is 1.75 bits per heavy atom. The van der Waals surface area contributed by atoms with E-state index in [0.717, 1.165) is 0 Å². The Kier molecular flexibility index (Phi) is 6.41. The Morgan fingerprint density at radius 1 is 0.821 bits per heavy atom. The molecule has 28 heavy (non-hydrogen) atoms. The van der Waals surface area contributed by atoms with Crippen LogP contribution in [-0.2, 0) is 18.9 Å². The van der Waals surface area contributed by atoms with E-state index >= 15 is 0 Å². The van der Waals surface area contributed by atoms with Gasteiger partial charge in [0.2, 0.25) is 0 Å². The van der Waals surface area contributed by atoms with E-state index in [-0.39, 0.29) is 0 Å². The van der Waals surface area contributed by atoms with Crippen molar-refractivity contribution in [1.82, 2.24) is 0 Å². The smallest absolute Gasteiger partial charge is 0.338 e. The van der Waals surface area contributed by atoms with Crippen LogP contribution in [-0.4, -0.2) is 54.9 Å². The molecule has 1 heterocycles. The van der Waals surface area contributed by atoms with E-state index in [1.807, 2.05) is 0 Å². The molecule has 5 atom stereocenters. The molecule has 0 unspecified atom stereocenters. The van der Waals surface area contributed by atoms with E-state index in [9.17, 15) is 14.7 Å². The van der Waals surface area contributed by atoms with Gasteiger partial charge in [0.1, 0.15) is 6.10 Å². The highest BCUT2D eigenvalue weighted by atomic mass is 16.7. The monoisotopic (exact) mass is 386 g/mol. The van der Waals surface area contributed by atoms with Crippen LogP contribution in [0.3, 0.4) is 0 Å². The first-order chi connectivity index (χ1) is 13.5. The molecule has 2 aromatic rings. The summed E-state index contributed by atoms with van der Waals surface area (Å²) in [5, 5.41) is 10.4. The summed E-state index contributed by atoms with van der Waals surface area (Å²) in [5.74, 6) is -1.28. The van der Waals surface area contributed by atoms with Gasteiger partial charge in [-0.05, 0) is 31.2 Å². The second-order valence-electron chi connectivity index (χ2n) is 6.40. The maximum absolute atomic E-state index is 12.5. The largest absolute Gasteiger partial charge is 0.452 e. The number of rotatable bonds is 5. The molecule has 7 nitrogen and oxygen atoms in total. The predicted molar refractivity (Wildman–Crippen MR) is 98.6 cm³/mol. The summed E-state index contributed by atoms with van der Waals surface area (Å²) in [6, 6.07) is 16.7. The molecule has 1 aliphatic heterocycles. The van der Waals surface area contributed by atoms with Gasteiger partial charge in [-0.1, -0.05) is 36.4 Å². The molecular formula is C21H22O7. The molecule has 3 rings (SSSR count). The summed E-state index contributed by atoms with van der Waals surface area (Å²) in [6.45, 7) is 1.68. The van der Waals surface area contributed by atoms with Crippen molar-refractivity contribution in [2.75, 3.05) is 7.11 Å². The summed E-state index contributed by atoms with van der Waals surface area (Å²) in [6.07, 6.45) is -5.09. The van der Waals surface area contributed by atoms with Gasteiger partial charge in [-0.25, -0.2) is 9.59 Å². The van der Waals surface area contributed by atoms with Gasteiger partial charge >= 0.3 is 11.9 Å². The predicted octanol–water partition coefficient (Wildman–Crippen LogP) is 2.19. The van der Waals surface area contributed by atoms with Crippen molar-refractivity contribution >= 4 is 11.9 Å². The topological polar surface area (TPSA) is 91.3 Å². The van der Waals surface area contributed by atoms with Gasteiger partial charge in [0, 0.05) is 7.11 Å². The molecule has 0 spiro atoms. The average Bonchev–Trinajstić information content (AvgIpc) is 2.72. The molecule has 0 bridgehead atoms. The number of carbonyl (C=O) groups is 2. The van der Waals surface area contributed by atoms with Crippen LogP contribution in [0.1, 0.15) is 27.6 Å². The standard InChI is InChI=1S/C21H22O7/c1-13-16(25-2)17(27-19(22)14-9-5-3-6-10-14)18(21(24)26-13)28-20(23)15-11-7-4-8-12-15/h3-13,16-18,21,24H,1-2H3/t13-,16-,17+,18+,21+/m0/s1. The Morgan fingerprint density at radius 2 is 1.29 bits per heavy atom. The maximum atomic E-state index is 12.5. The number of esters is 2. The fourth-order valence-corrected chi connectivity index (χ4v) is 3.11. The van der Waals surface area contributed by atoms with E-state index in [2.05, 4.69) is 0 Å². The Balaban J connectivity index is 1.83. The van der Waals surface area contributed by atoms with E-state index in [1.54, 1.807) is 67.6 Å². The SMILES string of the molecule is CO[C@@H]1[C@@H](OC(=O)c2ccccc2)[C@@H](OC(=O)c2ccccc2)[C@H](O)O[C@H]1C. The molecule has 148 valence electrons. The second kappa shape index (κ2) is 8.97. The maximum Gasteiger partial charge on any atom is 0.338 e. The van der Waals surface area contributed by atoms with Gasteiger partial charge < -0.3 is 24.1 Å². The van der Waals surface area contributed by atoms with Gasteiger partial charge in [-0.3, -0.25) is 0 Å². The van der Waals surface area contributed by atoms with Crippen LogP contribution < -0.4 is 0 Å². The lowest BCUT2D eigenvalue weighted by Crippen LogP contribution is -2.60. The van der Waals surface area contributed by atoms with E-state index in [4.69, 9.17) is 18.9 Å². The summed E-state index contributed by atoms with van der Waals surface area (Å²) >= 11 is 0. The van der Waals surface area contributed by atoms with Crippen molar-refractivity contribution in [3.8, 4) is 0 Å². The first-order valence-electron chi connectivity index (χ1n) is 8.89. The van der Waals surface area contributed by atoms with Gasteiger partial charge in [0.05, 0.1) is 17.2 Å². The minimum Gasteiger partial charge on any atom is -0.452 e. The second-order valence-corrected chi connectivity index (χ2v) is 6.40. The van der Waals surface area contributed by atoms with Crippen LogP contribution in [0.2, 0.25) is 0 Å². The zero-order valence-electron chi connectivity index (χ0n) is 15.6. The van der Waals surface area contributed by atoms with Crippen LogP contribution in [0.5, 0.6) is 0 Å². The molecule has 1 N–H and O–H groups in total. The van der Waals surface area contributed by atoms with Gasteiger partial charge in [0.25, 0.3) is 0 Å². The van der Waals surface area contributed by atoms with Crippen molar-refractivity contribution in [3.63, 3.8) is 0 Å². The van der Waals surface area contributed by atoms with Gasteiger partial charge in [0.15, 0.2) is 18.5 Å². The first kappa shape index (κ1) is 20.0. The quantitative estimate of drug-likeness (QED) is 0.788. The number of ether oxygens (including phenoxy) is 4. The molecule has 1 fully saturated rings. The number of hydrogen-bond donors (Lipinski definition) is 1. The Bertz CT molecular complexity index is 793. The normalized spacial score (nSPS) is 27.0. The van der Waals surface area contributed by atoms with E-state index < -0.39 is 42.6 Å². The molecule has 1 saturated heterocycles. The average molecular weight is 386 g/mol. The third-order valence-electron chi connectivity index (χ3n) is 4.52. The lowest BCUT2D eigenvalue weighted by molar-refractivity contribution is -0.280. The molecule has 0 aliphatic carbocycles. The van der Waals surface area contributed by atoms with Crippen molar-refractivity contribution in [1.29, 1.82) is 0 Å². The molecule has 0 aromatic heterocycles. The van der Waals surface area contributed by atoms with Gasteiger partial charge in [-0.2, -0.15) is 0 Å². The molecule has 0 saturated carbocycles. The first-order valence-corrected chi connectivity index (χ1v) is 8.89. The highest BCUT2D eigenvalue weighted by Gasteiger charge is 2.49. The third kappa shape index (κ3) is 4.39. The number of aliphatic hydroxyl groups excluding tert-OH is 1. The van der Waals surface area contributed by atoms with Crippen molar-refractivity contribution in [2.24, 2.45) is 0 Å². The van der Waals surface area contributed by atoms with Crippen LogP contribution in [0.25, 0.3) is 0 Å². The summed E-state index contributed by atoms with van der Waals surface area (Å²) in [5.41, 5.74) is 0.634. The number of carbonyl (C=O) groups excluding carboxylic acids is 2. The van der Waals surface area contributed by atoms with Crippen LogP contribution in [0, 0.1) is 0 Å². The Labute approximate surface area is 162 Å². The van der Waals surface area contributed by atoms with Crippen molar-refractivity contribution in [3.05, 3.63) is 71.8 Å². The van der Waals surface area contributed by atoms with E-state index in [0.29, 0.717) is 11.1 Å². The number of methoxy groups -OCH3 is 1. The Hall–Kier alpha value is -2.74. The highest BCUT2D eigenvalue weighted by Crippen LogP contribution is 2.28. The zero-order chi connectivity index (χ0) is 20.1.